The standard InChI is InChI=1S/C17H18F2N2/c18-15-7-4-11(8-16(15)19)9-17(21-20)14-6-5-12-2-1-3-13(12)10-14/h4-8,10,17,21H,1-3,9,20H2. The molecule has 0 bridgehead atoms. The molecule has 0 amide bonds. The predicted molar refractivity (Wildman–Crippen MR) is 78.6 cm³/mol. The molecule has 2 nitrogen and oxygen atoms in total. The van der Waals surface area contributed by atoms with Crippen LogP contribution in [0, 0.1) is 11.6 Å². The zero-order valence-corrected chi connectivity index (χ0v) is 11.7. The second-order valence-corrected chi connectivity index (χ2v) is 5.55. The van der Waals surface area contributed by atoms with Crippen molar-refractivity contribution >= 4 is 0 Å². The summed E-state index contributed by atoms with van der Waals surface area (Å²) in [6, 6.07) is 10.2. The molecule has 0 aliphatic heterocycles. The molecule has 3 rings (SSSR count). The third-order valence-electron chi connectivity index (χ3n) is 4.15. The van der Waals surface area contributed by atoms with Crippen molar-refractivity contribution in [2.45, 2.75) is 31.7 Å². The fourth-order valence-electron chi connectivity index (χ4n) is 2.98. The van der Waals surface area contributed by atoms with Gasteiger partial charge in [-0.1, -0.05) is 24.3 Å². The molecule has 110 valence electrons. The first-order valence-corrected chi connectivity index (χ1v) is 7.19. The lowest BCUT2D eigenvalue weighted by Gasteiger charge is -2.18. The lowest BCUT2D eigenvalue weighted by Crippen LogP contribution is -2.29. The zero-order chi connectivity index (χ0) is 14.8. The number of nitrogens with one attached hydrogen (secondary N) is 1. The number of aryl methyl sites for hydroxylation is 2. The van der Waals surface area contributed by atoms with Gasteiger partial charge in [0.2, 0.25) is 0 Å². The van der Waals surface area contributed by atoms with Crippen LogP contribution in [0.2, 0.25) is 0 Å². The van der Waals surface area contributed by atoms with Gasteiger partial charge in [0.15, 0.2) is 11.6 Å². The lowest BCUT2D eigenvalue weighted by atomic mass is 9.96. The van der Waals surface area contributed by atoms with E-state index in [4.69, 9.17) is 5.84 Å². The van der Waals surface area contributed by atoms with Crippen molar-refractivity contribution in [2.24, 2.45) is 5.84 Å². The predicted octanol–water partition coefficient (Wildman–Crippen LogP) is 3.20. The maximum absolute atomic E-state index is 13.3. The van der Waals surface area contributed by atoms with E-state index in [0.717, 1.165) is 30.0 Å². The van der Waals surface area contributed by atoms with Gasteiger partial charge < -0.3 is 0 Å². The third kappa shape index (κ3) is 2.96. The van der Waals surface area contributed by atoms with Gasteiger partial charge in [0.1, 0.15) is 0 Å². The number of hydrazine groups is 1. The van der Waals surface area contributed by atoms with Gasteiger partial charge in [-0.05, 0) is 60.1 Å². The highest BCUT2D eigenvalue weighted by Crippen LogP contribution is 2.27. The van der Waals surface area contributed by atoms with E-state index in [2.05, 4.69) is 23.6 Å². The van der Waals surface area contributed by atoms with E-state index >= 15 is 0 Å². The summed E-state index contributed by atoms with van der Waals surface area (Å²) < 4.78 is 26.3. The van der Waals surface area contributed by atoms with Crippen LogP contribution in [0.15, 0.2) is 36.4 Å². The molecule has 1 unspecified atom stereocenters. The van der Waals surface area contributed by atoms with E-state index in [9.17, 15) is 8.78 Å². The molecule has 0 saturated heterocycles. The molecule has 1 aliphatic rings. The largest absolute Gasteiger partial charge is 0.271 e. The van der Waals surface area contributed by atoms with Crippen molar-refractivity contribution in [2.75, 3.05) is 0 Å². The molecule has 2 aromatic rings. The van der Waals surface area contributed by atoms with Crippen LogP contribution >= 0.6 is 0 Å². The van der Waals surface area contributed by atoms with Crippen molar-refractivity contribution in [1.29, 1.82) is 0 Å². The second kappa shape index (κ2) is 5.92. The summed E-state index contributed by atoms with van der Waals surface area (Å²) in [4.78, 5) is 0. The maximum atomic E-state index is 13.3. The quantitative estimate of drug-likeness (QED) is 0.670. The molecule has 1 atom stereocenters. The van der Waals surface area contributed by atoms with Crippen molar-refractivity contribution < 1.29 is 8.78 Å². The second-order valence-electron chi connectivity index (χ2n) is 5.55. The molecule has 0 spiro atoms. The van der Waals surface area contributed by atoms with Gasteiger partial charge >= 0.3 is 0 Å². The van der Waals surface area contributed by atoms with E-state index in [1.54, 1.807) is 6.07 Å². The summed E-state index contributed by atoms with van der Waals surface area (Å²) in [5, 5.41) is 0. The Bertz CT molecular complexity index is 655. The summed E-state index contributed by atoms with van der Waals surface area (Å²) in [6.45, 7) is 0. The number of benzene rings is 2. The van der Waals surface area contributed by atoms with Crippen LogP contribution in [0.4, 0.5) is 8.78 Å². The number of nitrogens with two attached hydrogens (primary N) is 1. The molecule has 0 radical (unpaired) electrons. The smallest absolute Gasteiger partial charge is 0.159 e. The van der Waals surface area contributed by atoms with Crippen molar-refractivity contribution in [3.05, 3.63) is 70.3 Å². The summed E-state index contributed by atoms with van der Waals surface area (Å²) in [6.07, 6.45) is 3.96. The average molecular weight is 288 g/mol. The maximum Gasteiger partial charge on any atom is 0.159 e. The molecule has 0 aromatic heterocycles. The molecule has 2 aromatic carbocycles. The summed E-state index contributed by atoms with van der Waals surface area (Å²) in [7, 11) is 0. The van der Waals surface area contributed by atoms with Crippen molar-refractivity contribution in [3.63, 3.8) is 0 Å². The van der Waals surface area contributed by atoms with E-state index in [0.29, 0.717) is 6.42 Å². The summed E-state index contributed by atoms with van der Waals surface area (Å²) in [5.41, 5.74) is 7.36. The van der Waals surface area contributed by atoms with Crippen LogP contribution in [0.25, 0.3) is 0 Å². The van der Waals surface area contributed by atoms with Crippen LogP contribution in [-0.2, 0) is 19.3 Å². The van der Waals surface area contributed by atoms with Crippen LogP contribution in [-0.4, -0.2) is 0 Å². The number of halogens is 2. The number of fused-ring (bicyclic) bond motifs is 1. The Morgan fingerprint density at radius 1 is 1.00 bits per heavy atom. The molecular weight excluding hydrogens is 270 g/mol. The number of rotatable bonds is 4. The van der Waals surface area contributed by atoms with Crippen LogP contribution in [0.1, 0.15) is 34.7 Å². The monoisotopic (exact) mass is 288 g/mol. The van der Waals surface area contributed by atoms with Gasteiger partial charge in [-0.2, -0.15) is 0 Å². The summed E-state index contributed by atoms with van der Waals surface area (Å²) in [5.74, 6) is 4.00. The first-order valence-electron chi connectivity index (χ1n) is 7.19. The normalized spacial score (nSPS) is 15.0. The number of hydrogen-bond acceptors (Lipinski definition) is 2. The van der Waals surface area contributed by atoms with Crippen LogP contribution in [0.3, 0.4) is 0 Å². The fraction of sp³-hybridized carbons (Fsp3) is 0.294. The van der Waals surface area contributed by atoms with E-state index < -0.39 is 11.6 Å². The minimum absolute atomic E-state index is 0.110. The molecule has 3 N–H and O–H groups in total. The van der Waals surface area contributed by atoms with Crippen molar-refractivity contribution in [1.82, 2.24) is 5.43 Å². The highest BCUT2D eigenvalue weighted by atomic mass is 19.2. The Hall–Kier alpha value is -1.78. The first kappa shape index (κ1) is 14.2. The molecule has 0 fully saturated rings. The molecule has 21 heavy (non-hydrogen) atoms. The van der Waals surface area contributed by atoms with Gasteiger partial charge in [-0.15, -0.1) is 0 Å². The van der Waals surface area contributed by atoms with E-state index in [1.165, 1.54) is 23.6 Å². The zero-order valence-electron chi connectivity index (χ0n) is 11.7. The molecule has 0 saturated carbocycles. The summed E-state index contributed by atoms with van der Waals surface area (Å²) >= 11 is 0. The minimum atomic E-state index is -0.825. The average Bonchev–Trinajstić information content (AvgIpc) is 2.95. The van der Waals surface area contributed by atoms with Gasteiger partial charge in [0.25, 0.3) is 0 Å². The molecule has 1 aliphatic carbocycles. The van der Waals surface area contributed by atoms with Crippen molar-refractivity contribution in [3.8, 4) is 0 Å². The molecule has 4 heteroatoms. The molecule has 0 heterocycles. The Morgan fingerprint density at radius 2 is 1.81 bits per heavy atom. The van der Waals surface area contributed by atoms with Gasteiger partial charge in [0.05, 0.1) is 0 Å². The minimum Gasteiger partial charge on any atom is -0.271 e. The third-order valence-corrected chi connectivity index (χ3v) is 4.15. The Kier molecular flexibility index (Phi) is 3.99. The van der Waals surface area contributed by atoms with E-state index in [-0.39, 0.29) is 6.04 Å². The fourth-order valence-corrected chi connectivity index (χ4v) is 2.98. The highest BCUT2D eigenvalue weighted by Gasteiger charge is 2.16. The van der Waals surface area contributed by atoms with Crippen LogP contribution in [0.5, 0.6) is 0 Å². The number of hydrogen-bond donors (Lipinski definition) is 2. The SMILES string of the molecule is NNC(Cc1ccc(F)c(F)c1)c1ccc2c(c1)CCC2. The van der Waals surface area contributed by atoms with Crippen LogP contribution < -0.4 is 11.3 Å². The van der Waals surface area contributed by atoms with Gasteiger partial charge in [-0.3, -0.25) is 11.3 Å². The van der Waals surface area contributed by atoms with Gasteiger partial charge in [-0.25, -0.2) is 8.78 Å². The molecular formula is C17H18F2N2. The lowest BCUT2D eigenvalue weighted by molar-refractivity contribution is 0.502. The van der Waals surface area contributed by atoms with Gasteiger partial charge in [0, 0.05) is 6.04 Å². The Balaban J connectivity index is 1.83. The van der Waals surface area contributed by atoms with E-state index in [1.807, 2.05) is 0 Å². The Morgan fingerprint density at radius 3 is 2.57 bits per heavy atom. The first-order chi connectivity index (χ1) is 10.2. The Labute approximate surface area is 122 Å². The highest BCUT2D eigenvalue weighted by molar-refractivity contribution is 5.37. The topological polar surface area (TPSA) is 38.0 Å².